The van der Waals surface area contributed by atoms with Crippen LogP contribution in [0.1, 0.15) is 18.1 Å². The van der Waals surface area contributed by atoms with Crippen molar-refractivity contribution in [2.24, 2.45) is 5.14 Å². The van der Waals surface area contributed by atoms with Gasteiger partial charge in [-0.2, -0.15) is 5.12 Å². The van der Waals surface area contributed by atoms with Crippen LogP contribution in [-0.2, 0) is 14.8 Å². The van der Waals surface area contributed by atoms with Gasteiger partial charge in [-0.1, -0.05) is 16.6 Å². The molecule has 3 rings (SSSR count). The van der Waals surface area contributed by atoms with Crippen molar-refractivity contribution in [1.29, 1.82) is 0 Å². The van der Waals surface area contributed by atoms with Crippen LogP contribution < -0.4 is 9.88 Å². The molecule has 1 aliphatic rings. The van der Waals surface area contributed by atoms with Gasteiger partial charge in [0.2, 0.25) is 10.0 Å². The number of halogens is 1. The molecule has 25 heavy (non-hydrogen) atoms. The van der Waals surface area contributed by atoms with Crippen LogP contribution in [0.2, 0.25) is 0 Å². The van der Waals surface area contributed by atoms with E-state index in [0.717, 1.165) is 0 Å². The monoisotopic (exact) mass is 364 g/mol. The minimum Gasteiger partial charge on any atom is -0.497 e. The minimum absolute atomic E-state index is 0.0977. The van der Waals surface area contributed by atoms with Crippen LogP contribution in [0.4, 0.5) is 4.48 Å². The minimum atomic E-state index is -3.90. The molecular formula is C17H17FN2O4S. The molecule has 0 amide bonds. The lowest BCUT2D eigenvalue weighted by Gasteiger charge is -2.14. The maximum Gasteiger partial charge on any atom is 0.238 e. The number of benzene rings is 2. The molecule has 1 atom stereocenters. The molecule has 0 saturated heterocycles. The molecule has 2 N–H and O–H groups in total. The second-order valence-corrected chi connectivity index (χ2v) is 7.07. The zero-order valence-electron chi connectivity index (χ0n) is 13.6. The zero-order chi connectivity index (χ0) is 18.2. The van der Waals surface area contributed by atoms with Gasteiger partial charge in [-0.05, 0) is 43.3 Å². The zero-order valence-corrected chi connectivity index (χ0v) is 14.5. The average molecular weight is 364 g/mol. The fourth-order valence-electron chi connectivity index (χ4n) is 2.57. The van der Waals surface area contributed by atoms with E-state index in [1.165, 1.54) is 18.2 Å². The standard InChI is InChI=1S/C17H17FN2O4S/c1-11-20(18)16(13-4-3-5-15(10-13)25(19,21)22)17(24-11)12-6-8-14(23-2)9-7-12/h3-11H,1-2H3,(H2,19,21,22). The number of nitrogens with zero attached hydrogens (tertiary/aromatic N) is 1. The van der Waals surface area contributed by atoms with E-state index in [9.17, 15) is 12.9 Å². The molecule has 2 aromatic rings. The van der Waals surface area contributed by atoms with E-state index >= 15 is 0 Å². The summed E-state index contributed by atoms with van der Waals surface area (Å²) >= 11 is 0. The predicted octanol–water partition coefficient (Wildman–Crippen LogP) is 2.73. The van der Waals surface area contributed by atoms with Crippen molar-refractivity contribution < 1.29 is 22.4 Å². The van der Waals surface area contributed by atoms with Crippen molar-refractivity contribution in [3.63, 3.8) is 0 Å². The number of rotatable bonds is 4. The van der Waals surface area contributed by atoms with Gasteiger partial charge in [0.1, 0.15) is 11.4 Å². The summed E-state index contributed by atoms with van der Waals surface area (Å²) in [7, 11) is -2.35. The van der Waals surface area contributed by atoms with Crippen LogP contribution in [-0.4, -0.2) is 26.9 Å². The van der Waals surface area contributed by atoms with Crippen molar-refractivity contribution in [3.05, 3.63) is 59.7 Å². The Balaban J connectivity index is 2.14. The molecule has 0 radical (unpaired) electrons. The molecule has 0 saturated carbocycles. The molecule has 8 heteroatoms. The van der Waals surface area contributed by atoms with Gasteiger partial charge in [-0.3, -0.25) is 0 Å². The van der Waals surface area contributed by atoms with E-state index in [0.29, 0.717) is 27.8 Å². The predicted molar refractivity (Wildman–Crippen MR) is 91.1 cm³/mol. The topological polar surface area (TPSA) is 81.9 Å². The highest BCUT2D eigenvalue weighted by Gasteiger charge is 2.33. The number of hydrogen-bond acceptors (Lipinski definition) is 5. The van der Waals surface area contributed by atoms with Crippen molar-refractivity contribution in [3.8, 4) is 5.75 Å². The summed E-state index contributed by atoms with van der Waals surface area (Å²) < 4.78 is 48.5. The Morgan fingerprint density at radius 3 is 2.44 bits per heavy atom. The first-order valence-corrected chi connectivity index (χ1v) is 8.99. The number of hydrogen-bond donors (Lipinski definition) is 1. The number of ether oxygens (including phenoxy) is 2. The molecule has 1 aliphatic heterocycles. The van der Waals surface area contributed by atoms with Gasteiger partial charge in [0.05, 0.1) is 12.0 Å². The Kier molecular flexibility index (Phi) is 4.40. The van der Waals surface area contributed by atoms with Gasteiger partial charge in [0.15, 0.2) is 12.0 Å². The van der Waals surface area contributed by atoms with Crippen molar-refractivity contribution in [1.82, 2.24) is 5.12 Å². The van der Waals surface area contributed by atoms with Crippen LogP contribution in [0.25, 0.3) is 11.5 Å². The summed E-state index contributed by atoms with van der Waals surface area (Å²) in [5.74, 6) is 0.967. The smallest absolute Gasteiger partial charge is 0.238 e. The van der Waals surface area contributed by atoms with Crippen molar-refractivity contribution in [2.75, 3.05) is 7.11 Å². The largest absolute Gasteiger partial charge is 0.497 e. The van der Waals surface area contributed by atoms with Gasteiger partial charge in [-0.15, -0.1) is 0 Å². The molecule has 2 aromatic carbocycles. The third kappa shape index (κ3) is 3.31. The molecule has 0 fully saturated rings. The van der Waals surface area contributed by atoms with E-state index in [1.807, 2.05) is 0 Å². The lowest BCUT2D eigenvalue weighted by atomic mass is 10.1. The van der Waals surface area contributed by atoms with Crippen LogP contribution in [0.15, 0.2) is 53.4 Å². The number of sulfonamides is 1. The SMILES string of the molecule is COc1ccc(C2=C(c3cccc(S(N)(=O)=O)c3)N(F)C(C)O2)cc1. The Morgan fingerprint density at radius 1 is 1.16 bits per heavy atom. The fraction of sp³-hybridized carbons (Fsp3) is 0.176. The summed E-state index contributed by atoms with van der Waals surface area (Å²) in [5.41, 5.74) is 1.14. The van der Waals surface area contributed by atoms with Gasteiger partial charge in [0.25, 0.3) is 0 Å². The number of primary sulfonamides is 1. The second kappa shape index (κ2) is 6.38. The van der Waals surface area contributed by atoms with Gasteiger partial charge in [-0.25, -0.2) is 13.6 Å². The first-order chi connectivity index (χ1) is 11.8. The summed E-state index contributed by atoms with van der Waals surface area (Å²) in [6.07, 6.45) is -0.842. The maximum absolute atomic E-state index is 14.6. The van der Waals surface area contributed by atoms with E-state index < -0.39 is 16.3 Å². The van der Waals surface area contributed by atoms with Gasteiger partial charge < -0.3 is 9.47 Å². The van der Waals surface area contributed by atoms with Crippen LogP contribution in [0, 0.1) is 0 Å². The Bertz CT molecular complexity index is 926. The molecule has 6 nitrogen and oxygen atoms in total. The summed E-state index contributed by atoms with van der Waals surface area (Å²) in [6.45, 7) is 1.56. The van der Waals surface area contributed by atoms with E-state index in [4.69, 9.17) is 14.6 Å². The van der Waals surface area contributed by atoms with Crippen LogP contribution in [0.3, 0.4) is 0 Å². The van der Waals surface area contributed by atoms with Crippen molar-refractivity contribution >= 4 is 21.5 Å². The molecule has 0 bridgehead atoms. The number of nitrogens with two attached hydrogens (primary N) is 1. The lowest BCUT2D eigenvalue weighted by molar-refractivity contribution is -0.0342. The van der Waals surface area contributed by atoms with Crippen LogP contribution in [0.5, 0.6) is 5.75 Å². The molecule has 132 valence electrons. The molecule has 0 aliphatic carbocycles. The molecule has 0 aromatic heterocycles. The first-order valence-electron chi connectivity index (χ1n) is 7.45. The van der Waals surface area contributed by atoms with Crippen LogP contribution >= 0.6 is 0 Å². The molecule has 1 unspecified atom stereocenters. The maximum atomic E-state index is 14.6. The Hall–Kier alpha value is -2.58. The Morgan fingerprint density at radius 2 is 1.84 bits per heavy atom. The average Bonchev–Trinajstić information content (AvgIpc) is 2.89. The quantitative estimate of drug-likeness (QED) is 0.844. The first kappa shape index (κ1) is 17.2. The Labute approximate surface area is 145 Å². The fourth-order valence-corrected chi connectivity index (χ4v) is 3.13. The van der Waals surface area contributed by atoms with Gasteiger partial charge in [0, 0.05) is 11.1 Å². The molecular weight excluding hydrogens is 347 g/mol. The summed E-state index contributed by atoms with van der Waals surface area (Å²) in [6, 6.07) is 12.7. The third-order valence-corrected chi connectivity index (χ3v) is 4.74. The second-order valence-electron chi connectivity index (χ2n) is 5.51. The highest BCUT2D eigenvalue weighted by atomic mass is 32.2. The third-order valence-electron chi connectivity index (χ3n) is 3.82. The molecule has 1 heterocycles. The van der Waals surface area contributed by atoms with Gasteiger partial charge >= 0.3 is 0 Å². The number of methoxy groups -OCH3 is 1. The van der Waals surface area contributed by atoms with E-state index in [2.05, 4.69) is 0 Å². The van der Waals surface area contributed by atoms with Crippen molar-refractivity contribution in [2.45, 2.75) is 18.0 Å². The highest BCUT2D eigenvalue weighted by molar-refractivity contribution is 7.89. The van der Waals surface area contributed by atoms with E-state index in [-0.39, 0.29) is 10.6 Å². The highest BCUT2D eigenvalue weighted by Crippen LogP contribution is 2.39. The summed E-state index contributed by atoms with van der Waals surface area (Å²) in [5, 5.41) is 5.63. The summed E-state index contributed by atoms with van der Waals surface area (Å²) in [4.78, 5) is -0.0977. The van der Waals surface area contributed by atoms with E-state index in [1.54, 1.807) is 44.4 Å². The lowest BCUT2D eigenvalue weighted by Crippen LogP contribution is -2.19. The molecule has 0 spiro atoms. The normalized spacial score (nSPS) is 17.6.